The van der Waals surface area contributed by atoms with Crippen molar-refractivity contribution in [3.8, 4) is 23.0 Å². The SMILES string of the molecule is CC(=O)Oc1cc(/C=C/c2ccc(OC(=O)/C=C/c3cc(C)c(OC(C)=O)c(C)c3)cc2)cc(OC(C)=O)c1. The fourth-order valence-electron chi connectivity index (χ4n) is 3.68. The molecule has 39 heavy (non-hydrogen) atoms. The van der Waals surface area contributed by atoms with Gasteiger partial charge in [-0.25, -0.2) is 4.79 Å². The first-order chi connectivity index (χ1) is 18.5. The predicted octanol–water partition coefficient (Wildman–Crippen LogP) is 5.87. The molecule has 0 aliphatic rings. The number of esters is 4. The molecule has 0 radical (unpaired) electrons. The van der Waals surface area contributed by atoms with Gasteiger partial charge in [0, 0.05) is 32.9 Å². The third-order valence-electron chi connectivity index (χ3n) is 5.13. The second kappa shape index (κ2) is 13.0. The van der Waals surface area contributed by atoms with Crippen molar-refractivity contribution in [2.24, 2.45) is 0 Å². The molecule has 200 valence electrons. The predicted molar refractivity (Wildman–Crippen MR) is 146 cm³/mol. The summed E-state index contributed by atoms with van der Waals surface area (Å²) in [7, 11) is 0. The van der Waals surface area contributed by atoms with Crippen molar-refractivity contribution in [1.82, 2.24) is 0 Å². The zero-order valence-electron chi connectivity index (χ0n) is 22.3. The van der Waals surface area contributed by atoms with Crippen LogP contribution >= 0.6 is 0 Å². The summed E-state index contributed by atoms with van der Waals surface area (Å²) in [4.78, 5) is 46.2. The number of benzene rings is 3. The quantitative estimate of drug-likeness (QED) is 0.155. The van der Waals surface area contributed by atoms with Crippen LogP contribution in [0.25, 0.3) is 18.2 Å². The zero-order valence-corrected chi connectivity index (χ0v) is 22.3. The molecule has 8 nitrogen and oxygen atoms in total. The number of hydrogen-bond acceptors (Lipinski definition) is 8. The summed E-state index contributed by atoms with van der Waals surface area (Å²) in [5.41, 5.74) is 3.80. The van der Waals surface area contributed by atoms with Gasteiger partial charge in [-0.3, -0.25) is 14.4 Å². The Kier molecular flexibility index (Phi) is 9.53. The maximum atomic E-state index is 12.3. The normalized spacial score (nSPS) is 10.9. The van der Waals surface area contributed by atoms with Crippen LogP contribution in [-0.4, -0.2) is 23.9 Å². The van der Waals surface area contributed by atoms with Crippen molar-refractivity contribution in [2.45, 2.75) is 34.6 Å². The Labute approximate surface area is 226 Å². The second-order valence-corrected chi connectivity index (χ2v) is 8.66. The van der Waals surface area contributed by atoms with E-state index < -0.39 is 23.9 Å². The monoisotopic (exact) mass is 528 g/mol. The molecule has 0 atom stereocenters. The summed E-state index contributed by atoms with van der Waals surface area (Å²) >= 11 is 0. The fourth-order valence-corrected chi connectivity index (χ4v) is 3.68. The Bertz CT molecular complexity index is 1410. The molecule has 0 aliphatic heterocycles. The molecule has 0 saturated heterocycles. The molecule has 0 saturated carbocycles. The van der Waals surface area contributed by atoms with Crippen molar-refractivity contribution in [3.05, 3.63) is 88.5 Å². The lowest BCUT2D eigenvalue weighted by atomic mass is 10.1. The molecule has 3 aromatic rings. The van der Waals surface area contributed by atoms with Gasteiger partial charge in [-0.1, -0.05) is 24.3 Å². The molecule has 0 amide bonds. The van der Waals surface area contributed by atoms with Crippen LogP contribution in [0.15, 0.2) is 60.7 Å². The van der Waals surface area contributed by atoms with Gasteiger partial charge in [-0.05, 0) is 84.1 Å². The van der Waals surface area contributed by atoms with Crippen molar-refractivity contribution in [1.29, 1.82) is 0 Å². The average Bonchev–Trinajstić information content (AvgIpc) is 2.83. The summed E-state index contributed by atoms with van der Waals surface area (Å²) in [6, 6.07) is 15.2. The van der Waals surface area contributed by atoms with E-state index in [-0.39, 0.29) is 11.5 Å². The molecule has 0 fully saturated rings. The van der Waals surface area contributed by atoms with Gasteiger partial charge in [0.1, 0.15) is 23.0 Å². The maximum absolute atomic E-state index is 12.3. The van der Waals surface area contributed by atoms with Gasteiger partial charge in [0.25, 0.3) is 0 Å². The van der Waals surface area contributed by atoms with Crippen molar-refractivity contribution in [3.63, 3.8) is 0 Å². The van der Waals surface area contributed by atoms with E-state index in [2.05, 4.69) is 0 Å². The lowest BCUT2D eigenvalue weighted by Crippen LogP contribution is -2.05. The van der Waals surface area contributed by atoms with Crippen LogP contribution in [0.4, 0.5) is 0 Å². The van der Waals surface area contributed by atoms with E-state index in [1.165, 1.54) is 32.9 Å². The first-order valence-corrected chi connectivity index (χ1v) is 12.0. The first-order valence-electron chi connectivity index (χ1n) is 12.0. The lowest BCUT2D eigenvalue weighted by Gasteiger charge is -2.10. The topological polar surface area (TPSA) is 105 Å². The van der Waals surface area contributed by atoms with Gasteiger partial charge in [0.05, 0.1) is 0 Å². The third kappa shape index (κ3) is 9.12. The Balaban J connectivity index is 1.66. The molecular weight excluding hydrogens is 500 g/mol. The molecule has 0 aromatic heterocycles. The number of ether oxygens (including phenoxy) is 4. The molecule has 0 unspecified atom stereocenters. The Morgan fingerprint density at radius 1 is 0.538 bits per heavy atom. The van der Waals surface area contributed by atoms with Crippen LogP contribution in [0.2, 0.25) is 0 Å². The van der Waals surface area contributed by atoms with Gasteiger partial charge < -0.3 is 18.9 Å². The molecule has 0 spiro atoms. The minimum absolute atomic E-state index is 0.252. The number of rotatable bonds is 8. The van der Waals surface area contributed by atoms with Crippen molar-refractivity contribution < 1.29 is 38.1 Å². The molecule has 0 heterocycles. The van der Waals surface area contributed by atoms with Gasteiger partial charge >= 0.3 is 23.9 Å². The van der Waals surface area contributed by atoms with E-state index in [0.717, 1.165) is 22.3 Å². The highest BCUT2D eigenvalue weighted by atomic mass is 16.5. The van der Waals surface area contributed by atoms with Crippen LogP contribution < -0.4 is 18.9 Å². The summed E-state index contributed by atoms with van der Waals surface area (Å²) in [6.45, 7) is 7.56. The summed E-state index contributed by atoms with van der Waals surface area (Å²) in [6.07, 6.45) is 6.52. The minimum Gasteiger partial charge on any atom is -0.427 e. The number of aryl methyl sites for hydroxylation is 2. The zero-order chi connectivity index (χ0) is 28.5. The number of carbonyl (C=O) groups is 4. The molecule has 0 bridgehead atoms. The number of hydrogen-bond donors (Lipinski definition) is 0. The Morgan fingerprint density at radius 2 is 1.03 bits per heavy atom. The number of carbonyl (C=O) groups excluding carboxylic acids is 4. The molecule has 0 aliphatic carbocycles. The first kappa shape index (κ1) is 28.6. The summed E-state index contributed by atoms with van der Waals surface area (Å²) in [5, 5.41) is 0. The summed E-state index contributed by atoms with van der Waals surface area (Å²) in [5.74, 6) is -0.538. The van der Waals surface area contributed by atoms with E-state index in [0.29, 0.717) is 17.1 Å². The summed E-state index contributed by atoms with van der Waals surface area (Å²) < 4.78 is 20.9. The Hall–Kier alpha value is -4.98. The van der Waals surface area contributed by atoms with Crippen LogP contribution in [0, 0.1) is 13.8 Å². The lowest BCUT2D eigenvalue weighted by molar-refractivity contribution is -0.133. The standard InChI is InChI=1S/C31H28O8/c1-19-14-25(15-20(2)31(19)38-23(5)34)10-13-30(35)39-27-11-8-24(9-12-27)6-7-26-16-28(36-21(3)32)18-29(17-26)37-22(4)33/h6-18H,1-5H3/b7-6+,13-10+. The molecular formula is C31H28O8. The van der Waals surface area contributed by atoms with E-state index in [1.54, 1.807) is 54.6 Å². The second-order valence-electron chi connectivity index (χ2n) is 8.66. The minimum atomic E-state index is -0.544. The average molecular weight is 529 g/mol. The van der Waals surface area contributed by atoms with Gasteiger partial charge in [-0.2, -0.15) is 0 Å². The van der Waals surface area contributed by atoms with E-state index >= 15 is 0 Å². The maximum Gasteiger partial charge on any atom is 0.336 e. The van der Waals surface area contributed by atoms with Crippen molar-refractivity contribution >= 4 is 42.1 Å². The van der Waals surface area contributed by atoms with Crippen LogP contribution in [0.5, 0.6) is 23.0 Å². The molecule has 8 heteroatoms. The van der Waals surface area contributed by atoms with E-state index in [4.69, 9.17) is 18.9 Å². The van der Waals surface area contributed by atoms with E-state index in [9.17, 15) is 19.2 Å². The highest BCUT2D eigenvalue weighted by Gasteiger charge is 2.09. The van der Waals surface area contributed by atoms with Gasteiger partial charge in [0.2, 0.25) is 0 Å². The fraction of sp³-hybridized carbons (Fsp3) is 0.161. The van der Waals surface area contributed by atoms with Crippen LogP contribution in [-0.2, 0) is 19.2 Å². The van der Waals surface area contributed by atoms with Gasteiger partial charge in [-0.15, -0.1) is 0 Å². The largest absolute Gasteiger partial charge is 0.427 e. The van der Waals surface area contributed by atoms with Crippen molar-refractivity contribution in [2.75, 3.05) is 0 Å². The third-order valence-corrected chi connectivity index (χ3v) is 5.13. The van der Waals surface area contributed by atoms with Crippen LogP contribution in [0.3, 0.4) is 0 Å². The van der Waals surface area contributed by atoms with Crippen LogP contribution in [0.1, 0.15) is 48.6 Å². The van der Waals surface area contributed by atoms with E-state index in [1.807, 2.05) is 26.0 Å². The smallest absolute Gasteiger partial charge is 0.336 e. The highest BCUT2D eigenvalue weighted by molar-refractivity contribution is 5.89. The molecule has 3 aromatic carbocycles. The highest BCUT2D eigenvalue weighted by Crippen LogP contribution is 2.27. The molecule has 0 N–H and O–H groups in total. The molecule has 3 rings (SSSR count). The van der Waals surface area contributed by atoms with Gasteiger partial charge in [0.15, 0.2) is 0 Å². The Morgan fingerprint density at radius 3 is 1.54 bits per heavy atom.